The summed E-state index contributed by atoms with van der Waals surface area (Å²) in [5.41, 5.74) is 2.98. The Morgan fingerprint density at radius 1 is 1.15 bits per heavy atom. The van der Waals surface area contributed by atoms with Crippen LogP contribution in [-0.4, -0.2) is 22.9 Å². The number of halogens is 1. The second-order valence-corrected chi connectivity index (χ2v) is 9.20. The van der Waals surface area contributed by atoms with E-state index in [4.69, 9.17) is 11.6 Å². The van der Waals surface area contributed by atoms with Crippen LogP contribution in [0, 0.1) is 11.8 Å². The van der Waals surface area contributed by atoms with Crippen LogP contribution in [0.1, 0.15) is 32.1 Å². The first-order valence-corrected chi connectivity index (χ1v) is 10.9. The minimum atomic E-state index is -0.00700. The summed E-state index contributed by atoms with van der Waals surface area (Å²) in [7, 11) is 0. The molecule has 5 heteroatoms. The highest BCUT2D eigenvalue weighted by atomic mass is 35.5. The Balaban J connectivity index is 1.37. The van der Waals surface area contributed by atoms with Crippen molar-refractivity contribution in [3.63, 3.8) is 0 Å². The molecule has 2 heterocycles. The standard InChI is InChI=1S/C21H24ClN3S/c22-21-24-19(13-6-2-1-3-7-13)23-20(25-21)14-10-11-16-15-8-4-5-9-17(15)26-18(16)12-14/h2,4-6,8-9,12-13,15,17,19-20,23H,1,3,7,10-11H2,(H,24,25)/t13?,15?,17?,19?,20-/m1/s1. The van der Waals surface area contributed by atoms with E-state index in [-0.39, 0.29) is 12.3 Å². The second kappa shape index (κ2) is 7.06. The molecule has 0 aromatic rings. The lowest BCUT2D eigenvalue weighted by atomic mass is 9.84. The molecule has 0 aromatic heterocycles. The van der Waals surface area contributed by atoms with Gasteiger partial charge >= 0.3 is 0 Å². The molecule has 0 aromatic carbocycles. The van der Waals surface area contributed by atoms with Crippen LogP contribution in [0.15, 0.2) is 63.6 Å². The van der Waals surface area contributed by atoms with Crippen LogP contribution in [0.2, 0.25) is 0 Å². The molecule has 0 saturated carbocycles. The molecule has 0 bridgehead atoms. The first-order valence-electron chi connectivity index (χ1n) is 9.65. The van der Waals surface area contributed by atoms with Crippen molar-refractivity contribution < 1.29 is 0 Å². The summed E-state index contributed by atoms with van der Waals surface area (Å²) >= 11 is 8.37. The summed E-state index contributed by atoms with van der Waals surface area (Å²) in [5, 5.41) is 8.15. The van der Waals surface area contributed by atoms with E-state index in [0.29, 0.717) is 22.4 Å². The summed E-state index contributed by atoms with van der Waals surface area (Å²) in [6.45, 7) is 0. The molecule has 4 unspecified atom stereocenters. The van der Waals surface area contributed by atoms with Crippen LogP contribution < -0.4 is 10.6 Å². The summed E-state index contributed by atoms with van der Waals surface area (Å²) in [4.78, 5) is 6.12. The molecule has 2 aliphatic heterocycles. The Hall–Kier alpha value is -1.23. The van der Waals surface area contributed by atoms with Crippen molar-refractivity contribution in [2.45, 2.75) is 49.7 Å². The maximum absolute atomic E-state index is 6.37. The minimum absolute atomic E-state index is 0.00700. The molecule has 26 heavy (non-hydrogen) atoms. The van der Waals surface area contributed by atoms with Gasteiger partial charge in [-0.2, -0.15) is 0 Å². The fourth-order valence-corrected chi connectivity index (χ4v) is 6.31. The van der Waals surface area contributed by atoms with Gasteiger partial charge in [-0.05, 0) is 60.9 Å². The van der Waals surface area contributed by atoms with Crippen LogP contribution >= 0.6 is 23.4 Å². The lowest BCUT2D eigenvalue weighted by molar-refractivity contribution is 0.319. The molecule has 0 amide bonds. The molecule has 0 saturated heterocycles. The molecule has 136 valence electrons. The SMILES string of the molecule is ClC1=N[C@H](C2=CC3=C(CC2)C2C=CC=CC2S3)NC(C2C=CCCC2)N1. The number of allylic oxidation sites excluding steroid dienone is 6. The van der Waals surface area contributed by atoms with Gasteiger partial charge in [-0.15, -0.1) is 11.8 Å². The third-order valence-electron chi connectivity index (χ3n) is 5.99. The van der Waals surface area contributed by atoms with E-state index in [1.807, 2.05) is 11.8 Å². The van der Waals surface area contributed by atoms with Crippen molar-refractivity contribution >= 4 is 28.7 Å². The molecule has 3 aliphatic carbocycles. The molecule has 2 N–H and O–H groups in total. The van der Waals surface area contributed by atoms with E-state index in [1.54, 1.807) is 5.57 Å². The van der Waals surface area contributed by atoms with Crippen LogP contribution in [0.5, 0.6) is 0 Å². The van der Waals surface area contributed by atoms with Gasteiger partial charge in [0.15, 0.2) is 5.29 Å². The molecule has 5 atom stereocenters. The zero-order valence-corrected chi connectivity index (χ0v) is 16.3. The molecule has 5 rings (SSSR count). The Kier molecular flexibility index (Phi) is 4.59. The molecular formula is C21H24ClN3S. The Labute approximate surface area is 164 Å². The first kappa shape index (κ1) is 16.9. The van der Waals surface area contributed by atoms with Gasteiger partial charge in [0.05, 0.1) is 6.17 Å². The maximum atomic E-state index is 6.37. The highest BCUT2D eigenvalue weighted by Gasteiger charge is 2.36. The summed E-state index contributed by atoms with van der Waals surface area (Å²) in [6, 6.07) is 0. The third-order valence-corrected chi connectivity index (χ3v) is 7.55. The van der Waals surface area contributed by atoms with Crippen LogP contribution in [0.4, 0.5) is 0 Å². The van der Waals surface area contributed by atoms with Crippen molar-refractivity contribution in [1.82, 2.24) is 10.6 Å². The van der Waals surface area contributed by atoms with Crippen LogP contribution in [0.25, 0.3) is 0 Å². The van der Waals surface area contributed by atoms with Crippen molar-refractivity contribution in [3.8, 4) is 0 Å². The summed E-state index contributed by atoms with van der Waals surface area (Å²) < 4.78 is 0. The lowest BCUT2D eigenvalue weighted by Gasteiger charge is -2.36. The third kappa shape index (κ3) is 3.12. The largest absolute Gasteiger partial charge is 0.345 e. The van der Waals surface area contributed by atoms with E-state index in [2.05, 4.69) is 58.2 Å². The number of rotatable bonds is 2. The summed E-state index contributed by atoms with van der Waals surface area (Å²) in [6.07, 6.45) is 22.1. The number of amidine groups is 1. The maximum Gasteiger partial charge on any atom is 0.194 e. The van der Waals surface area contributed by atoms with E-state index >= 15 is 0 Å². The zero-order valence-electron chi connectivity index (χ0n) is 14.7. The van der Waals surface area contributed by atoms with Crippen LogP contribution in [0.3, 0.4) is 0 Å². The highest BCUT2D eigenvalue weighted by Crippen LogP contribution is 2.50. The topological polar surface area (TPSA) is 36.4 Å². The monoisotopic (exact) mass is 385 g/mol. The van der Waals surface area contributed by atoms with Gasteiger partial charge < -0.3 is 5.32 Å². The van der Waals surface area contributed by atoms with Gasteiger partial charge in [-0.3, -0.25) is 5.32 Å². The quantitative estimate of drug-likeness (QED) is 0.538. The molecule has 3 nitrogen and oxygen atoms in total. The fourth-order valence-electron chi connectivity index (χ4n) is 4.62. The van der Waals surface area contributed by atoms with Crippen molar-refractivity contribution in [2.75, 3.05) is 0 Å². The molecule has 0 radical (unpaired) electrons. The van der Waals surface area contributed by atoms with Crippen LogP contribution in [-0.2, 0) is 0 Å². The number of nitrogens with one attached hydrogen (secondary N) is 2. The minimum Gasteiger partial charge on any atom is -0.345 e. The van der Waals surface area contributed by atoms with Gasteiger partial charge in [0, 0.05) is 22.0 Å². The number of fused-ring (bicyclic) bond motifs is 2. The average Bonchev–Trinajstić information content (AvgIpc) is 3.06. The van der Waals surface area contributed by atoms with Gasteiger partial charge in [-0.1, -0.05) is 36.5 Å². The predicted octanol–water partition coefficient (Wildman–Crippen LogP) is 4.61. The Morgan fingerprint density at radius 3 is 2.96 bits per heavy atom. The Bertz CT molecular complexity index is 776. The number of nitrogens with zero attached hydrogens (tertiary/aromatic N) is 1. The molecule has 0 fully saturated rings. The smallest absolute Gasteiger partial charge is 0.194 e. The lowest BCUT2D eigenvalue weighted by Crippen LogP contribution is -2.56. The van der Waals surface area contributed by atoms with Gasteiger partial charge in [0.1, 0.15) is 6.17 Å². The Morgan fingerprint density at radius 2 is 2.08 bits per heavy atom. The fraction of sp³-hybridized carbons (Fsp3) is 0.476. The highest BCUT2D eigenvalue weighted by molar-refractivity contribution is 8.04. The molecule has 0 spiro atoms. The van der Waals surface area contributed by atoms with Crippen molar-refractivity contribution in [1.29, 1.82) is 0 Å². The molecular weight excluding hydrogens is 362 g/mol. The first-order chi connectivity index (χ1) is 12.8. The normalized spacial score (nSPS) is 38.4. The van der Waals surface area contributed by atoms with E-state index < -0.39 is 0 Å². The zero-order chi connectivity index (χ0) is 17.5. The predicted molar refractivity (Wildman–Crippen MR) is 111 cm³/mol. The number of thioether (sulfide) groups is 1. The van der Waals surface area contributed by atoms with Crippen molar-refractivity contribution in [2.24, 2.45) is 16.8 Å². The number of aliphatic imine (C=N–C) groups is 1. The van der Waals surface area contributed by atoms with Gasteiger partial charge in [0.2, 0.25) is 0 Å². The van der Waals surface area contributed by atoms with Crippen molar-refractivity contribution in [3.05, 3.63) is 58.6 Å². The number of hydrogen-bond donors (Lipinski definition) is 2. The van der Waals surface area contributed by atoms with Gasteiger partial charge in [-0.25, -0.2) is 4.99 Å². The van der Waals surface area contributed by atoms with Gasteiger partial charge in [0.25, 0.3) is 0 Å². The summed E-state index contributed by atoms with van der Waals surface area (Å²) in [5.74, 6) is 1.07. The van der Waals surface area contributed by atoms with E-state index in [0.717, 1.165) is 12.8 Å². The second-order valence-electron chi connectivity index (χ2n) is 7.62. The number of hydrogen-bond acceptors (Lipinski definition) is 4. The molecule has 5 aliphatic rings. The van der Waals surface area contributed by atoms with E-state index in [1.165, 1.54) is 29.7 Å². The average molecular weight is 386 g/mol. The van der Waals surface area contributed by atoms with E-state index in [9.17, 15) is 0 Å².